The van der Waals surface area contributed by atoms with Gasteiger partial charge in [0.2, 0.25) is 5.91 Å². The van der Waals surface area contributed by atoms with Gasteiger partial charge >= 0.3 is 5.97 Å². The van der Waals surface area contributed by atoms with Crippen LogP contribution in [0.1, 0.15) is 26.2 Å². The summed E-state index contributed by atoms with van der Waals surface area (Å²) in [7, 11) is 0. The fraction of sp³-hybridized carbons (Fsp3) is 0.846. The predicted octanol–water partition coefficient (Wildman–Crippen LogP) is 0.407. The molecular formula is C13H21NO5. The van der Waals surface area contributed by atoms with Gasteiger partial charge in [0.1, 0.15) is 5.92 Å². The third-order valence-electron chi connectivity index (χ3n) is 3.81. The zero-order valence-corrected chi connectivity index (χ0v) is 11.1. The summed E-state index contributed by atoms with van der Waals surface area (Å²) in [6.07, 6.45) is 2.59. The highest BCUT2D eigenvalue weighted by Gasteiger charge is 2.36. The Kier molecular flexibility index (Phi) is 4.76. The summed E-state index contributed by atoms with van der Waals surface area (Å²) in [6, 6.07) is -0.396. The van der Waals surface area contributed by atoms with E-state index in [1.807, 2.05) is 6.92 Å². The number of carbonyl (C=O) groups excluding carboxylic acids is 1. The van der Waals surface area contributed by atoms with Crippen molar-refractivity contribution in [2.75, 3.05) is 19.8 Å². The molecule has 0 aromatic heterocycles. The number of ether oxygens (including phenoxy) is 2. The molecule has 1 aliphatic carbocycles. The van der Waals surface area contributed by atoms with Gasteiger partial charge in [-0.3, -0.25) is 9.59 Å². The quantitative estimate of drug-likeness (QED) is 0.731. The molecule has 1 amide bonds. The Bertz CT molecular complexity index is 340. The van der Waals surface area contributed by atoms with Crippen molar-refractivity contribution in [3.63, 3.8) is 0 Å². The topological polar surface area (TPSA) is 84.9 Å². The van der Waals surface area contributed by atoms with Crippen LogP contribution < -0.4 is 5.32 Å². The van der Waals surface area contributed by atoms with Crippen LogP contribution in [0.15, 0.2) is 0 Å². The lowest BCUT2D eigenvalue weighted by atomic mass is 9.80. The number of carboxylic acid groups (broad SMARTS) is 1. The lowest BCUT2D eigenvalue weighted by Crippen LogP contribution is -2.44. The van der Waals surface area contributed by atoms with Gasteiger partial charge in [-0.05, 0) is 25.7 Å². The Morgan fingerprint density at radius 3 is 2.74 bits per heavy atom. The van der Waals surface area contributed by atoms with Crippen LogP contribution in [0, 0.1) is 11.8 Å². The van der Waals surface area contributed by atoms with Crippen molar-refractivity contribution < 1.29 is 24.2 Å². The highest BCUT2D eigenvalue weighted by Crippen LogP contribution is 2.32. The number of hydrogen-bond acceptors (Lipinski definition) is 4. The van der Waals surface area contributed by atoms with Crippen LogP contribution >= 0.6 is 0 Å². The van der Waals surface area contributed by atoms with Crippen LogP contribution in [0.4, 0.5) is 0 Å². The fourth-order valence-corrected chi connectivity index (χ4v) is 2.68. The van der Waals surface area contributed by atoms with Crippen molar-refractivity contribution in [3.05, 3.63) is 0 Å². The molecule has 0 aromatic carbocycles. The first kappa shape index (κ1) is 14.3. The zero-order chi connectivity index (χ0) is 13.8. The Hall–Kier alpha value is -1.14. The Balaban J connectivity index is 1.69. The molecule has 1 saturated heterocycles. The summed E-state index contributed by atoms with van der Waals surface area (Å²) in [5, 5.41) is 11.8. The second-order valence-corrected chi connectivity index (χ2v) is 5.28. The molecule has 1 heterocycles. The normalized spacial score (nSPS) is 33.7. The summed E-state index contributed by atoms with van der Waals surface area (Å²) >= 11 is 0. The van der Waals surface area contributed by atoms with E-state index in [-0.39, 0.29) is 19.1 Å². The van der Waals surface area contributed by atoms with E-state index in [1.165, 1.54) is 0 Å². The van der Waals surface area contributed by atoms with Crippen LogP contribution in [-0.4, -0.2) is 48.9 Å². The molecule has 19 heavy (non-hydrogen) atoms. The average molecular weight is 271 g/mol. The van der Waals surface area contributed by atoms with Gasteiger partial charge in [-0.1, -0.05) is 0 Å². The Labute approximate surface area is 112 Å². The molecular weight excluding hydrogens is 250 g/mol. The third kappa shape index (κ3) is 3.67. The molecule has 0 spiro atoms. The van der Waals surface area contributed by atoms with Crippen molar-refractivity contribution >= 4 is 11.9 Å². The largest absolute Gasteiger partial charge is 0.481 e. The van der Waals surface area contributed by atoms with Gasteiger partial charge in [-0.25, -0.2) is 0 Å². The van der Waals surface area contributed by atoms with E-state index in [1.54, 1.807) is 0 Å². The van der Waals surface area contributed by atoms with Gasteiger partial charge in [0.05, 0.1) is 25.4 Å². The van der Waals surface area contributed by atoms with Crippen molar-refractivity contribution in [2.24, 2.45) is 11.8 Å². The monoisotopic (exact) mass is 271 g/mol. The molecule has 0 bridgehead atoms. The van der Waals surface area contributed by atoms with Crippen LogP contribution in [0.3, 0.4) is 0 Å². The van der Waals surface area contributed by atoms with E-state index in [9.17, 15) is 9.59 Å². The van der Waals surface area contributed by atoms with Crippen LogP contribution in [0.25, 0.3) is 0 Å². The standard InChI is InChI=1S/C13H21NO5/c1-2-19-9-3-8(4-9)5-12(15)14-11-7-18-6-10(11)13(16)17/h8-11H,2-7H2,1H3,(H,14,15)(H,16,17). The molecule has 2 N–H and O–H groups in total. The second-order valence-electron chi connectivity index (χ2n) is 5.28. The van der Waals surface area contributed by atoms with Gasteiger partial charge in [0.25, 0.3) is 0 Å². The molecule has 6 heteroatoms. The van der Waals surface area contributed by atoms with Crippen LogP contribution in [0.5, 0.6) is 0 Å². The molecule has 1 aliphatic heterocycles. The SMILES string of the molecule is CCOC1CC(CC(=O)NC2COCC2C(=O)O)C1. The van der Waals surface area contributed by atoms with E-state index >= 15 is 0 Å². The maximum absolute atomic E-state index is 11.8. The first-order valence-corrected chi connectivity index (χ1v) is 6.81. The van der Waals surface area contributed by atoms with Crippen molar-refractivity contribution in [2.45, 2.75) is 38.3 Å². The fourth-order valence-electron chi connectivity index (χ4n) is 2.68. The van der Waals surface area contributed by atoms with E-state index < -0.39 is 17.9 Å². The molecule has 108 valence electrons. The number of rotatable bonds is 6. The number of carbonyl (C=O) groups is 2. The number of hydrogen-bond donors (Lipinski definition) is 2. The van der Waals surface area contributed by atoms with E-state index in [0.717, 1.165) is 12.8 Å². The van der Waals surface area contributed by atoms with Gasteiger partial charge in [0, 0.05) is 13.0 Å². The minimum Gasteiger partial charge on any atom is -0.481 e. The van der Waals surface area contributed by atoms with Gasteiger partial charge in [0.15, 0.2) is 0 Å². The second kappa shape index (κ2) is 6.34. The minimum absolute atomic E-state index is 0.0818. The third-order valence-corrected chi connectivity index (χ3v) is 3.81. The van der Waals surface area contributed by atoms with Crippen molar-refractivity contribution in [1.29, 1.82) is 0 Å². The van der Waals surface area contributed by atoms with Gasteiger partial charge in [-0.15, -0.1) is 0 Å². The minimum atomic E-state index is -0.914. The summed E-state index contributed by atoms with van der Waals surface area (Å²) in [5.74, 6) is -1.26. The van der Waals surface area contributed by atoms with Crippen LogP contribution in [-0.2, 0) is 19.1 Å². The maximum Gasteiger partial charge on any atom is 0.311 e. The molecule has 0 radical (unpaired) electrons. The first-order valence-electron chi connectivity index (χ1n) is 6.81. The van der Waals surface area contributed by atoms with Crippen molar-refractivity contribution in [3.8, 4) is 0 Å². The Morgan fingerprint density at radius 2 is 2.11 bits per heavy atom. The van der Waals surface area contributed by atoms with Crippen molar-refractivity contribution in [1.82, 2.24) is 5.32 Å². The molecule has 2 atom stereocenters. The zero-order valence-electron chi connectivity index (χ0n) is 11.1. The van der Waals surface area contributed by atoms with E-state index in [4.69, 9.17) is 14.6 Å². The number of carboxylic acids is 1. The maximum atomic E-state index is 11.8. The average Bonchev–Trinajstić information content (AvgIpc) is 2.74. The predicted molar refractivity (Wildman–Crippen MR) is 66.6 cm³/mol. The summed E-state index contributed by atoms with van der Waals surface area (Å²) in [6.45, 7) is 3.14. The van der Waals surface area contributed by atoms with Gasteiger partial charge < -0.3 is 19.9 Å². The van der Waals surface area contributed by atoms with Gasteiger partial charge in [-0.2, -0.15) is 0 Å². The number of aliphatic carboxylic acids is 1. The lowest BCUT2D eigenvalue weighted by molar-refractivity contribution is -0.142. The lowest BCUT2D eigenvalue weighted by Gasteiger charge is -2.34. The summed E-state index contributed by atoms with van der Waals surface area (Å²) in [4.78, 5) is 22.8. The summed E-state index contributed by atoms with van der Waals surface area (Å²) in [5.41, 5.74) is 0. The molecule has 2 fully saturated rings. The van der Waals surface area contributed by atoms with E-state index in [0.29, 0.717) is 25.0 Å². The number of amides is 1. The first-order chi connectivity index (χ1) is 9.10. The number of nitrogens with one attached hydrogen (secondary N) is 1. The van der Waals surface area contributed by atoms with Crippen LogP contribution in [0.2, 0.25) is 0 Å². The highest BCUT2D eigenvalue weighted by molar-refractivity contribution is 5.78. The highest BCUT2D eigenvalue weighted by atomic mass is 16.5. The molecule has 2 aliphatic rings. The smallest absolute Gasteiger partial charge is 0.311 e. The Morgan fingerprint density at radius 1 is 1.37 bits per heavy atom. The summed E-state index contributed by atoms with van der Waals surface area (Å²) < 4.78 is 10.6. The molecule has 2 unspecified atom stereocenters. The van der Waals surface area contributed by atoms with E-state index in [2.05, 4.69) is 5.32 Å². The molecule has 0 aromatic rings. The molecule has 1 saturated carbocycles. The molecule has 2 rings (SSSR count). The molecule has 6 nitrogen and oxygen atoms in total.